The van der Waals surface area contributed by atoms with Gasteiger partial charge in [-0.2, -0.15) is 0 Å². The second-order valence-electron chi connectivity index (χ2n) is 1.84. The van der Waals surface area contributed by atoms with Crippen molar-refractivity contribution in [1.82, 2.24) is 0 Å². The summed E-state index contributed by atoms with van der Waals surface area (Å²) in [7, 11) is 5.07. The van der Waals surface area contributed by atoms with Crippen molar-refractivity contribution in [2.24, 2.45) is 0 Å². The summed E-state index contributed by atoms with van der Waals surface area (Å²) < 4.78 is 6.25. The van der Waals surface area contributed by atoms with Crippen LogP contribution < -0.4 is 9.92 Å². The van der Waals surface area contributed by atoms with Gasteiger partial charge in [-0.15, -0.1) is 0 Å². The Labute approximate surface area is 77.3 Å². The van der Waals surface area contributed by atoms with Crippen molar-refractivity contribution in [2.45, 2.75) is 0 Å². The molecule has 1 aromatic rings. The Morgan fingerprint density at radius 3 is 2.70 bits per heavy atom. The quantitative estimate of drug-likeness (QED) is 0.543. The normalized spacial score (nSPS) is 9.50. The van der Waals surface area contributed by atoms with Crippen molar-refractivity contribution in [3.05, 3.63) is 21.8 Å². The molecule has 0 unspecified atom stereocenters. The number of halogens is 1. The molecule has 0 aliphatic rings. The van der Waals surface area contributed by atoms with E-state index in [0.717, 1.165) is 10.9 Å². The zero-order valence-electron chi connectivity index (χ0n) is 5.52. The van der Waals surface area contributed by atoms with E-state index in [9.17, 15) is 0 Å². The van der Waals surface area contributed by atoms with Gasteiger partial charge in [-0.25, -0.2) is 0 Å². The van der Waals surface area contributed by atoms with E-state index in [0.29, 0.717) is 0 Å². The van der Waals surface area contributed by atoms with Crippen molar-refractivity contribution >= 4 is 38.0 Å². The largest absolute Gasteiger partial charge is 0.497 e. The minimum Gasteiger partial charge on any atom is -0.497 e. The summed E-state index contributed by atoms with van der Waals surface area (Å²) in [4.78, 5) is 0. The molecule has 0 aliphatic carbocycles. The number of ether oxygens (including phenoxy) is 1. The monoisotopic (exact) mass is 261 g/mol. The molecule has 0 spiro atoms. The van der Waals surface area contributed by atoms with E-state index in [1.165, 1.54) is 3.57 Å². The standard InChI is InChI=1S/C7H6IOSi/c1-9-6-4-5(8)2-3-7(6)10/h2-4H,1H3. The van der Waals surface area contributed by atoms with Crippen LogP contribution >= 0.6 is 22.6 Å². The average molecular weight is 261 g/mol. The Bertz CT molecular complexity index is 237. The van der Waals surface area contributed by atoms with Crippen LogP contribution in [0, 0.1) is 3.57 Å². The van der Waals surface area contributed by atoms with Crippen LogP contribution in [0.4, 0.5) is 0 Å². The SMILES string of the molecule is COc1cc(I)ccc1[Si]. The Kier molecular flexibility index (Phi) is 2.73. The molecular formula is C7H6IOSi. The third kappa shape index (κ3) is 1.73. The second kappa shape index (κ2) is 3.38. The molecule has 51 valence electrons. The number of hydrogen-bond acceptors (Lipinski definition) is 1. The van der Waals surface area contributed by atoms with E-state index < -0.39 is 0 Å². The minimum absolute atomic E-state index is 0.878. The van der Waals surface area contributed by atoms with Gasteiger partial charge in [-0.1, -0.05) is 6.07 Å². The molecule has 0 atom stereocenters. The van der Waals surface area contributed by atoms with Gasteiger partial charge < -0.3 is 4.74 Å². The minimum atomic E-state index is 0.878. The van der Waals surface area contributed by atoms with Crippen LogP contribution in [0.15, 0.2) is 18.2 Å². The maximum absolute atomic E-state index is 5.07. The maximum atomic E-state index is 5.07. The van der Waals surface area contributed by atoms with E-state index in [-0.39, 0.29) is 0 Å². The lowest BCUT2D eigenvalue weighted by molar-refractivity contribution is 0.418. The first-order valence-electron chi connectivity index (χ1n) is 2.79. The first kappa shape index (κ1) is 8.07. The lowest BCUT2D eigenvalue weighted by Gasteiger charge is -2.02. The van der Waals surface area contributed by atoms with Gasteiger partial charge in [0.15, 0.2) is 0 Å². The highest BCUT2D eigenvalue weighted by molar-refractivity contribution is 14.1. The van der Waals surface area contributed by atoms with E-state index >= 15 is 0 Å². The summed E-state index contributed by atoms with van der Waals surface area (Å²) >= 11 is 2.24. The molecule has 0 fully saturated rings. The summed E-state index contributed by atoms with van der Waals surface area (Å²) in [5.74, 6) is 0.878. The Morgan fingerprint density at radius 1 is 1.50 bits per heavy atom. The van der Waals surface area contributed by atoms with Gasteiger partial charge in [0.05, 0.1) is 17.4 Å². The molecule has 3 radical (unpaired) electrons. The summed E-state index contributed by atoms with van der Waals surface area (Å²) in [5.41, 5.74) is 0. The molecule has 1 rings (SSSR count). The van der Waals surface area contributed by atoms with Gasteiger partial charge in [0, 0.05) is 3.57 Å². The highest BCUT2D eigenvalue weighted by atomic mass is 127. The Balaban J connectivity index is 3.09. The summed E-state index contributed by atoms with van der Waals surface area (Å²) in [6.07, 6.45) is 0. The average Bonchev–Trinajstić information content (AvgIpc) is 1.94. The molecule has 0 aliphatic heterocycles. The number of methoxy groups -OCH3 is 1. The predicted octanol–water partition coefficient (Wildman–Crippen LogP) is 1.09. The number of benzene rings is 1. The fraction of sp³-hybridized carbons (Fsp3) is 0.143. The predicted molar refractivity (Wildman–Crippen MR) is 51.1 cm³/mol. The van der Waals surface area contributed by atoms with Crippen LogP contribution in [0.3, 0.4) is 0 Å². The molecule has 3 heteroatoms. The van der Waals surface area contributed by atoms with Gasteiger partial charge in [0.1, 0.15) is 5.75 Å². The number of hydrogen-bond donors (Lipinski definition) is 0. The molecule has 1 nitrogen and oxygen atoms in total. The fourth-order valence-corrected chi connectivity index (χ4v) is 1.39. The third-order valence-corrected chi connectivity index (χ3v) is 2.25. The molecule has 0 amide bonds. The van der Waals surface area contributed by atoms with Crippen LogP contribution in [-0.4, -0.2) is 17.4 Å². The van der Waals surface area contributed by atoms with Crippen LogP contribution in [0.25, 0.3) is 0 Å². The molecule has 10 heavy (non-hydrogen) atoms. The molecule has 0 N–H and O–H groups in total. The van der Waals surface area contributed by atoms with Gasteiger partial charge in [0.25, 0.3) is 0 Å². The molecule has 0 heterocycles. The molecule has 1 aromatic carbocycles. The molecular weight excluding hydrogens is 255 g/mol. The fourth-order valence-electron chi connectivity index (χ4n) is 0.665. The van der Waals surface area contributed by atoms with Crippen molar-refractivity contribution in [2.75, 3.05) is 7.11 Å². The lowest BCUT2D eigenvalue weighted by atomic mass is 10.3. The molecule has 0 saturated carbocycles. The van der Waals surface area contributed by atoms with E-state index in [1.54, 1.807) is 7.11 Å². The zero-order valence-corrected chi connectivity index (χ0v) is 8.68. The topological polar surface area (TPSA) is 9.23 Å². The van der Waals surface area contributed by atoms with Gasteiger partial charge in [0.2, 0.25) is 0 Å². The third-order valence-electron chi connectivity index (χ3n) is 1.16. The van der Waals surface area contributed by atoms with Gasteiger partial charge in [-0.05, 0) is 39.9 Å². The van der Waals surface area contributed by atoms with Gasteiger partial charge >= 0.3 is 0 Å². The number of rotatable bonds is 1. The van der Waals surface area contributed by atoms with Gasteiger partial charge in [-0.3, -0.25) is 0 Å². The van der Waals surface area contributed by atoms with Crippen LogP contribution in [-0.2, 0) is 0 Å². The second-order valence-corrected chi connectivity index (χ2v) is 3.63. The van der Waals surface area contributed by atoms with E-state index in [2.05, 4.69) is 32.8 Å². The zero-order chi connectivity index (χ0) is 7.56. The van der Waals surface area contributed by atoms with E-state index in [1.807, 2.05) is 18.2 Å². The van der Waals surface area contributed by atoms with Crippen LogP contribution in [0.5, 0.6) is 5.75 Å². The summed E-state index contributed by atoms with van der Waals surface area (Å²) in [5, 5.41) is 0.989. The molecule has 0 aromatic heterocycles. The summed E-state index contributed by atoms with van der Waals surface area (Å²) in [6, 6.07) is 5.96. The Morgan fingerprint density at radius 2 is 2.20 bits per heavy atom. The van der Waals surface area contributed by atoms with Crippen molar-refractivity contribution in [3.63, 3.8) is 0 Å². The highest BCUT2D eigenvalue weighted by Crippen LogP contribution is 2.10. The molecule has 0 saturated heterocycles. The highest BCUT2D eigenvalue weighted by Gasteiger charge is 1.96. The van der Waals surface area contributed by atoms with Crippen LogP contribution in [0.2, 0.25) is 0 Å². The van der Waals surface area contributed by atoms with Crippen molar-refractivity contribution in [1.29, 1.82) is 0 Å². The van der Waals surface area contributed by atoms with E-state index in [4.69, 9.17) is 4.74 Å². The van der Waals surface area contributed by atoms with Crippen molar-refractivity contribution < 1.29 is 4.74 Å². The summed E-state index contributed by atoms with van der Waals surface area (Å²) in [6.45, 7) is 0. The Hall–Kier alpha value is -0.0331. The molecule has 0 bridgehead atoms. The first-order valence-corrected chi connectivity index (χ1v) is 4.37. The maximum Gasteiger partial charge on any atom is 0.118 e. The first-order chi connectivity index (χ1) is 4.74. The van der Waals surface area contributed by atoms with Crippen molar-refractivity contribution in [3.8, 4) is 5.75 Å². The van der Waals surface area contributed by atoms with Crippen LogP contribution in [0.1, 0.15) is 0 Å². The smallest absolute Gasteiger partial charge is 0.118 e. The lowest BCUT2D eigenvalue weighted by Crippen LogP contribution is -2.06.